The van der Waals surface area contributed by atoms with Crippen LogP contribution < -0.4 is 11.1 Å². The van der Waals surface area contributed by atoms with E-state index >= 15 is 0 Å². The number of pyridine rings is 2. The normalized spacial score (nSPS) is 10.2. The van der Waals surface area contributed by atoms with Gasteiger partial charge in [-0.3, -0.25) is 9.97 Å². The van der Waals surface area contributed by atoms with E-state index in [0.717, 1.165) is 22.4 Å². The molecule has 0 saturated heterocycles. The Morgan fingerprint density at radius 3 is 1.69 bits per heavy atom. The summed E-state index contributed by atoms with van der Waals surface area (Å²) in [7, 11) is 0. The number of nitrogens with one attached hydrogen (secondary N) is 1. The third-order valence-electron chi connectivity index (χ3n) is 7.11. The SMILES string of the molecule is C.C.Cc1cccnc1-c1noc(-c2ccc(N)cc2O)n1.Cc1cccnc1-c1noc(-c2ccc(NCc3ccccc3)cc2O)n1. The van der Waals surface area contributed by atoms with Crippen LogP contribution in [0.2, 0.25) is 0 Å². The molecule has 4 heterocycles. The fraction of sp³-hybridized carbons (Fsp3) is 0.135. The molecule has 0 aliphatic heterocycles. The molecule has 12 nitrogen and oxygen atoms in total. The van der Waals surface area contributed by atoms with Crippen LogP contribution in [-0.2, 0) is 6.54 Å². The molecule has 49 heavy (non-hydrogen) atoms. The fourth-order valence-electron chi connectivity index (χ4n) is 4.65. The van der Waals surface area contributed by atoms with Crippen molar-refractivity contribution in [2.75, 3.05) is 11.1 Å². The van der Waals surface area contributed by atoms with E-state index < -0.39 is 0 Å². The molecular weight excluding hydrogens is 620 g/mol. The molecule has 3 aromatic carbocycles. The summed E-state index contributed by atoms with van der Waals surface area (Å²) in [5.74, 6) is 1.33. The van der Waals surface area contributed by atoms with Crippen molar-refractivity contribution in [1.82, 2.24) is 30.2 Å². The summed E-state index contributed by atoms with van der Waals surface area (Å²) in [5.41, 5.74) is 12.1. The maximum absolute atomic E-state index is 10.4. The lowest BCUT2D eigenvalue weighted by Gasteiger charge is -2.08. The highest BCUT2D eigenvalue weighted by Crippen LogP contribution is 2.33. The Kier molecular flexibility index (Phi) is 11.4. The second-order valence-corrected chi connectivity index (χ2v) is 10.5. The summed E-state index contributed by atoms with van der Waals surface area (Å²) in [6, 6.07) is 27.6. The Morgan fingerprint density at radius 2 is 1.18 bits per heavy atom. The lowest BCUT2D eigenvalue weighted by atomic mass is 10.1. The lowest BCUT2D eigenvalue weighted by Crippen LogP contribution is -1.98. The summed E-state index contributed by atoms with van der Waals surface area (Å²) < 4.78 is 10.5. The smallest absolute Gasteiger partial charge is 0.262 e. The summed E-state index contributed by atoms with van der Waals surface area (Å²) in [4.78, 5) is 17.1. The van der Waals surface area contributed by atoms with Crippen molar-refractivity contribution in [3.63, 3.8) is 0 Å². The van der Waals surface area contributed by atoms with Crippen LogP contribution in [0.1, 0.15) is 31.5 Å². The molecule has 4 aromatic heterocycles. The molecule has 0 unspecified atom stereocenters. The van der Waals surface area contributed by atoms with Gasteiger partial charge in [-0.05, 0) is 66.9 Å². The Balaban J connectivity index is 0.000000221. The minimum Gasteiger partial charge on any atom is -0.507 e. The van der Waals surface area contributed by atoms with Gasteiger partial charge >= 0.3 is 0 Å². The quantitative estimate of drug-likeness (QED) is 0.121. The number of anilines is 2. The van der Waals surface area contributed by atoms with Gasteiger partial charge in [-0.2, -0.15) is 9.97 Å². The van der Waals surface area contributed by atoms with Crippen LogP contribution in [0.3, 0.4) is 0 Å². The molecule has 0 saturated carbocycles. The van der Waals surface area contributed by atoms with Crippen molar-refractivity contribution in [2.24, 2.45) is 0 Å². The van der Waals surface area contributed by atoms with E-state index in [9.17, 15) is 10.2 Å². The number of hydrogen-bond donors (Lipinski definition) is 4. The van der Waals surface area contributed by atoms with Crippen molar-refractivity contribution in [1.29, 1.82) is 0 Å². The molecule has 0 spiro atoms. The van der Waals surface area contributed by atoms with E-state index in [1.165, 1.54) is 6.07 Å². The van der Waals surface area contributed by atoms with E-state index in [1.54, 1.807) is 36.7 Å². The van der Waals surface area contributed by atoms with Gasteiger partial charge in [-0.25, -0.2) is 0 Å². The van der Waals surface area contributed by atoms with Gasteiger partial charge in [0.1, 0.15) is 22.9 Å². The van der Waals surface area contributed by atoms with Crippen molar-refractivity contribution >= 4 is 11.4 Å². The van der Waals surface area contributed by atoms with Crippen LogP contribution in [0.4, 0.5) is 11.4 Å². The number of aryl methyl sites for hydroxylation is 2. The highest BCUT2D eigenvalue weighted by atomic mass is 16.5. The molecule has 0 aliphatic rings. The molecule has 0 amide bonds. The Hall–Kier alpha value is -6.56. The number of rotatable bonds is 7. The zero-order valence-electron chi connectivity index (χ0n) is 25.5. The first-order valence-corrected chi connectivity index (χ1v) is 14.6. The van der Waals surface area contributed by atoms with Gasteiger partial charge in [-0.1, -0.05) is 67.6 Å². The highest BCUT2D eigenvalue weighted by Gasteiger charge is 2.17. The van der Waals surface area contributed by atoms with E-state index in [4.69, 9.17) is 14.8 Å². The molecule has 0 fully saturated rings. The van der Waals surface area contributed by atoms with Gasteiger partial charge in [0.05, 0.1) is 11.1 Å². The van der Waals surface area contributed by atoms with Crippen LogP contribution in [0.15, 0.2) is 112 Å². The minimum atomic E-state index is -0.00190. The van der Waals surface area contributed by atoms with Crippen LogP contribution in [0.5, 0.6) is 11.5 Å². The summed E-state index contributed by atoms with van der Waals surface area (Å²) in [5, 5.41) is 31.4. The number of nitrogen functional groups attached to an aromatic ring is 1. The van der Waals surface area contributed by atoms with Crippen molar-refractivity contribution in [3.8, 4) is 57.4 Å². The Bertz CT molecular complexity index is 2130. The highest BCUT2D eigenvalue weighted by molar-refractivity contribution is 5.69. The monoisotopic (exact) mass is 658 g/mol. The van der Waals surface area contributed by atoms with E-state index in [0.29, 0.717) is 46.4 Å². The zero-order valence-corrected chi connectivity index (χ0v) is 25.5. The number of phenols is 2. The molecule has 0 atom stereocenters. The van der Waals surface area contributed by atoms with Gasteiger partial charge in [0.15, 0.2) is 0 Å². The fourth-order valence-corrected chi connectivity index (χ4v) is 4.65. The van der Waals surface area contributed by atoms with Gasteiger partial charge in [-0.15, -0.1) is 0 Å². The molecule has 7 rings (SSSR count). The number of aromatic hydroxyl groups is 2. The maximum Gasteiger partial charge on any atom is 0.262 e. The molecule has 0 radical (unpaired) electrons. The molecule has 5 N–H and O–H groups in total. The third-order valence-corrected chi connectivity index (χ3v) is 7.11. The zero-order chi connectivity index (χ0) is 32.8. The summed E-state index contributed by atoms with van der Waals surface area (Å²) >= 11 is 0. The molecular formula is C37H38N8O4. The molecule has 12 heteroatoms. The van der Waals surface area contributed by atoms with E-state index in [-0.39, 0.29) is 38.1 Å². The first-order chi connectivity index (χ1) is 22.9. The average Bonchev–Trinajstić information content (AvgIpc) is 3.76. The van der Waals surface area contributed by atoms with Gasteiger partial charge in [0.25, 0.3) is 11.8 Å². The molecule has 0 aliphatic carbocycles. The second-order valence-electron chi connectivity index (χ2n) is 10.5. The number of nitrogens with two attached hydrogens (primary N) is 1. The summed E-state index contributed by atoms with van der Waals surface area (Å²) in [6.45, 7) is 4.52. The predicted octanol–water partition coefficient (Wildman–Crippen LogP) is 8.09. The Labute approximate surface area is 284 Å². The van der Waals surface area contributed by atoms with Gasteiger partial charge in [0.2, 0.25) is 11.6 Å². The number of hydrogen-bond acceptors (Lipinski definition) is 12. The van der Waals surface area contributed by atoms with Crippen LogP contribution >= 0.6 is 0 Å². The third kappa shape index (κ3) is 8.24. The van der Waals surface area contributed by atoms with Crippen molar-refractivity contribution in [2.45, 2.75) is 35.2 Å². The predicted molar refractivity (Wildman–Crippen MR) is 190 cm³/mol. The van der Waals surface area contributed by atoms with Crippen LogP contribution in [0.25, 0.3) is 45.9 Å². The Morgan fingerprint density at radius 1 is 0.653 bits per heavy atom. The average molecular weight is 659 g/mol. The number of nitrogens with zero attached hydrogens (tertiary/aromatic N) is 6. The van der Waals surface area contributed by atoms with E-state index in [1.807, 2.05) is 74.5 Å². The number of aromatic nitrogens is 6. The standard InChI is InChI=1S/C21H18N4O2.C14H12N4O2.2CH4/c1-14-6-5-11-22-19(14)20-24-21(27-25-20)17-10-9-16(12-18(17)26)23-13-15-7-3-2-4-8-15;1-8-3-2-6-16-12(8)13-17-14(20-18-13)10-5-4-9(15)7-11(10)19;;/h2-12,23,26H,13H2,1H3;2-7,19H,15H2,1H3;2*1H4. The van der Waals surface area contributed by atoms with Gasteiger partial charge < -0.3 is 30.3 Å². The summed E-state index contributed by atoms with van der Waals surface area (Å²) in [6.07, 6.45) is 3.35. The van der Waals surface area contributed by atoms with Crippen LogP contribution in [-0.4, -0.2) is 40.5 Å². The first-order valence-electron chi connectivity index (χ1n) is 14.6. The molecule has 7 aromatic rings. The number of phenolic OH excluding ortho intramolecular Hbond substituents is 2. The molecule has 250 valence electrons. The number of benzene rings is 3. The van der Waals surface area contributed by atoms with E-state index in [2.05, 4.69) is 35.6 Å². The topological polar surface area (TPSA) is 182 Å². The van der Waals surface area contributed by atoms with Crippen molar-refractivity contribution < 1.29 is 19.3 Å². The minimum absolute atomic E-state index is 0. The van der Waals surface area contributed by atoms with Gasteiger partial charge in [0, 0.05) is 42.4 Å². The molecule has 0 bridgehead atoms. The maximum atomic E-state index is 10.4. The largest absolute Gasteiger partial charge is 0.507 e. The first kappa shape index (κ1) is 35.3. The van der Waals surface area contributed by atoms with Crippen LogP contribution in [0, 0.1) is 13.8 Å². The second kappa shape index (κ2) is 15.8. The lowest BCUT2D eigenvalue weighted by molar-refractivity contribution is 0.425. The van der Waals surface area contributed by atoms with Crippen molar-refractivity contribution in [3.05, 3.63) is 120 Å².